The number of hydrogen-bond donors (Lipinski definition) is 0. The number of ether oxygens (including phenoxy) is 1. The molecule has 0 aromatic heterocycles. The summed E-state index contributed by atoms with van der Waals surface area (Å²) in [6, 6.07) is 9.75. The van der Waals surface area contributed by atoms with Gasteiger partial charge in [0.25, 0.3) is 0 Å². The van der Waals surface area contributed by atoms with Crippen molar-refractivity contribution in [2.24, 2.45) is 0 Å². The van der Waals surface area contributed by atoms with Crippen molar-refractivity contribution in [3.8, 4) is 5.75 Å². The minimum Gasteiger partial charge on any atom is -0.469 e. The van der Waals surface area contributed by atoms with Crippen molar-refractivity contribution < 1.29 is 9.16 Å². The predicted octanol–water partition coefficient (Wildman–Crippen LogP) is 1.38. The lowest BCUT2D eigenvalue weighted by Gasteiger charge is -2.17. The standard InChI is InChI=1S/C11H19NO2Si/c1-3-12(4-2)15-14-10-13-11-8-6-5-7-9-11/h5-9H,3-4,10,15H2,1-2H3. The highest BCUT2D eigenvalue weighted by Crippen LogP contribution is 2.07. The molecule has 3 nitrogen and oxygen atoms in total. The zero-order valence-corrected chi connectivity index (χ0v) is 10.9. The minimum absolute atomic E-state index is 0.368. The lowest BCUT2D eigenvalue weighted by Crippen LogP contribution is -2.30. The Bertz CT molecular complexity index is 252. The van der Waals surface area contributed by atoms with Gasteiger partial charge in [-0.15, -0.1) is 0 Å². The van der Waals surface area contributed by atoms with Gasteiger partial charge in [0.15, 0.2) is 6.79 Å². The number of para-hydroxylation sites is 1. The van der Waals surface area contributed by atoms with Gasteiger partial charge in [-0.05, 0) is 25.2 Å². The molecule has 0 aliphatic rings. The van der Waals surface area contributed by atoms with E-state index in [0.717, 1.165) is 18.8 Å². The maximum absolute atomic E-state index is 5.52. The van der Waals surface area contributed by atoms with E-state index in [0.29, 0.717) is 6.79 Å². The monoisotopic (exact) mass is 225 g/mol. The number of nitrogens with zero attached hydrogens (tertiary/aromatic N) is 1. The average molecular weight is 225 g/mol. The van der Waals surface area contributed by atoms with Crippen LogP contribution in [0.1, 0.15) is 13.8 Å². The van der Waals surface area contributed by atoms with Crippen LogP contribution in [0, 0.1) is 0 Å². The van der Waals surface area contributed by atoms with E-state index >= 15 is 0 Å². The van der Waals surface area contributed by atoms with Crippen LogP contribution in [0.4, 0.5) is 0 Å². The maximum Gasteiger partial charge on any atom is 0.243 e. The smallest absolute Gasteiger partial charge is 0.243 e. The molecule has 0 aliphatic heterocycles. The third kappa shape index (κ3) is 4.97. The predicted molar refractivity (Wildman–Crippen MR) is 64.5 cm³/mol. The van der Waals surface area contributed by atoms with Gasteiger partial charge in [0.05, 0.1) is 0 Å². The van der Waals surface area contributed by atoms with Gasteiger partial charge >= 0.3 is 0 Å². The summed E-state index contributed by atoms with van der Waals surface area (Å²) in [6.45, 7) is 6.80. The fourth-order valence-corrected chi connectivity index (χ4v) is 1.98. The van der Waals surface area contributed by atoms with Crippen LogP contribution in [0.15, 0.2) is 30.3 Å². The molecule has 0 atom stereocenters. The Labute approximate surface area is 94.0 Å². The van der Waals surface area contributed by atoms with Crippen molar-refractivity contribution in [2.45, 2.75) is 13.8 Å². The second-order valence-corrected chi connectivity index (χ2v) is 4.77. The Morgan fingerprint density at radius 1 is 1.13 bits per heavy atom. The molecule has 1 aromatic carbocycles. The molecule has 4 heteroatoms. The summed E-state index contributed by atoms with van der Waals surface area (Å²) in [5, 5.41) is 0. The number of hydrogen-bond acceptors (Lipinski definition) is 3. The third-order valence-corrected chi connectivity index (χ3v) is 3.83. The molecule has 0 saturated heterocycles. The molecule has 0 radical (unpaired) electrons. The van der Waals surface area contributed by atoms with Crippen LogP contribution in [0.25, 0.3) is 0 Å². The number of benzene rings is 1. The zero-order valence-electron chi connectivity index (χ0n) is 9.48. The molecule has 0 spiro atoms. The fourth-order valence-electron chi connectivity index (χ4n) is 1.20. The summed E-state index contributed by atoms with van der Waals surface area (Å²) < 4.78 is 13.3. The summed E-state index contributed by atoms with van der Waals surface area (Å²) in [5.41, 5.74) is 0. The van der Waals surface area contributed by atoms with Gasteiger partial charge in [-0.1, -0.05) is 32.0 Å². The van der Waals surface area contributed by atoms with Crippen molar-refractivity contribution in [3.05, 3.63) is 30.3 Å². The van der Waals surface area contributed by atoms with Gasteiger partial charge in [0, 0.05) is 0 Å². The summed E-state index contributed by atoms with van der Waals surface area (Å²) in [5.74, 6) is 0.867. The van der Waals surface area contributed by atoms with Crippen molar-refractivity contribution in [1.82, 2.24) is 4.57 Å². The van der Waals surface area contributed by atoms with Crippen LogP contribution in [-0.4, -0.2) is 34.4 Å². The van der Waals surface area contributed by atoms with Gasteiger partial charge in [-0.3, -0.25) is 0 Å². The largest absolute Gasteiger partial charge is 0.469 e. The van der Waals surface area contributed by atoms with E-state index in [1.807, 2.05) is 30.3 Å². The molecular weight excluding hydrogens is 206 g/mol. The molecule has 0 unspecified atom stereocenters. The number of rotatable bonds is 7. The zero-order chi connectivity index (χ0) is 10.9. The summed E-state index contributed by atoms with van der Waals surface area (Å²) in [4.78, 5) is 0. The van der Waals surface area contributed by atoms with E-state index in [4.69, 9.17) is 9.16 Å². The highest BCUT2D eigenvalue weighted by atomic mass is 28.2. The first-order valence-corrected chi connectivity index (χ1v) is 6.55. The molecule has 0 fully saturated rings. The molecule has 0 amide bonds. The van der Waals surface area contributed by atoms with Crippen LogP contribution in [0.3, 0.4) is 0 Å². The topological polar surface area (TPSA) is 21.7 Å². The minimum atomic E-state index is -0.582. The lowest BCUT2D eigenvalue weighted by atomic mass is 10.3. The highest BCUT2D eigenvalue weighted by Gasteiger charge is 1.99. The van der Waals surface area contributed by atoms with E-state index < -0.39 is 9.92 Å². The first-order valence-electron chi connectivity index (χ1n) is 5.34. The Kier molecular flexibility index (Phi) is 6.07. The molecule has 84 valence electrons. The lowest BCUT2D eigenvalue weighted by molar-refractivity contribution is 0.113. The maximum atomic E-state index is 5.52. The third-order valence-electron chi connectivity index (χ3n) is 2.22. The van der Waals surface area contributed by atoms with Crippen LogP contribution in [0.5, 0.6) is 5.75 Å². The van der Waals surface area contributed by atoms with Crippen molar-refractivity contribution in [1.29, 1.82) is 0 Å². The molecule has 15 heavy (non-hydrogen) atoms. The van der Waals surface area contributed by atoms with Crippen LogP contribution in [0.2, 0.25) is 0 Å². The van der Waals surface area contributed by atoms with Crippen LogP contribution in [-0.2, 0) is 4.43 Å². The van der Waals surface area contributed by atoms with Gasteiger partial charge in [0.2, 0.25) is 9.92 Å². The highest BCUT2D eigenvalue weighted by molar-refractivity contribution is 6.23. The molecule has 0 aliphatic carbocycles. The second-order valence-electron chi connectivity index (χ2n) is 3.21. The van der Waals surface area contributed by atoms with Gasteiger partial charge in [-0.2, -0.15) is 0 Å². The first kappa shape index (κ1) is 12.2. The Balaban J connectivity index is 2.12. The summed E-state index contributed by atoms with van der Waals surface area (Å²) in [6.07, 6.45) is 0. The van der Waals surface area contributed by atoms with E-state index in [9.17, 15) is 0 Å². The Hall–Kier alpha value is -0.843. The molecule has 1 aromatic rings. The summed E-state index contributed by atoms with van der Waals surface area (Å²) >= 11 is 0. The molecule has 0 N–H and O–H groups in total. The van der Waals surface area contributed by atoms with E-state index in [2.05, 4.69) is 18.4 Å². The van der Waals surface area contributed by atoms with Crippen LogP contribution < -0.4 is 4.74 Å². The second kappa shape index (κ2) is 7.45. The van der Waals surface area contributed by atoms with E-state index in [1.165, 1.54) is 0 Å². The average Bonchev–Trinajstić information content (AvgIpc) is 2.31. The molecular formula is C11H19NO2Si. The molecule has 1 rings (SSSR count). The van der Waals surface area contributed by atoms with Gasteiger partial charge in [-0.25, -0.2) is 0 Å². The van der Waals surface area contributed by atoms with Crippen molar-refractivity contribution >= 4 is 9.92 Å². The molecule has 0 bridgehead atoms. The SMILES string of the molecule is CCN(CC)[SiH2]OCOc1ccccc1. The van der Waals surface area contributed by atoms with Crippen molar-refractivity contribution in [3.63, 3.8) is 0 Å². The van der Waals surface area contributed by atoms with Crippen LogP contribution >= 0.6 is 0 Å². The molecule has 0 heterocycles. The first-order chi connectivity index (χ1) is 7.36. The normalized spacial score (nSPS) is 11.4. The Morgan fingerprint density at radius 3 is 2.40 bits per heavy atom. The summed E-state index contributed by atoms with van der Waals surface area (Å²) in [7, 11) is -0.582. The van der Waals surface area contributed by atoms with Crippen molar-refractivity contribution in [2.75, 3.05) is 19.9 Å². The fraction of sp³-hybridized carbons (Fsp3) is 0.455. The van der Waals surface area contributed by atoms with Gasteiger partial charge < -0.3 is 13.7 Å². The molecule has 0 saturated carbocycles. The van der Waals surface area contributed by atoms with E-state index in [1.54, 1.807) is 0 Å². The van der Waals surface area contributed by atoms with Gasteiger partial charge in [0.1, 0.15) is 5.75 Å². The Morgan fingerprint density at radius 2 is 1.80 bits per heavy atom. The quantitative estimate of drug-likeness (QED) is 0.397. The van der Waals surface area contributed by atoms with E-state index in [-0.39, 0.29) is 0 Å².